The molecule has 0 amide bonds. The molecule has 0 aliphatic rings. The minimum atomic E-state index is -2.90. The molecule has 7 heavy (non-hydrogen) atoms. The van der Waals surface area contributed by atoms with Gasteiger partial charge in [-0.1, -0.05) is 11.4 Å². The molecule has 0 bridgehead atoms. The van der Waals surface area contributed by atoms with Gasteiger partial charge in [-0.15, -0.1) is 0 Å². The molecule has 0 aromatic rings. The Balaban J connectivity index is -0.000000125. The van der Waals surface area contributed by atoms with Gasteiger partial charge in [-0.2, -0.15) is 0 Å². The second-order valence-electron chi connectivity index (χ2n) is 0.673. The molecule has 0 aromatic carbocycles. The van der Waals surface area contributed by atoms with Crippen molar-refractivity contribution in [3.05, 3.63) is 0 Å². The van der Waals surface area contributed by atoms with E-state index in [0.717, 1.165) is 11.4 Å². The van der Waals surface area contributed by atoms with E-state index in [1.807, 2.05) is 0 Å². The molecule has 0 unspecified atom stereocenters. The van der Waals surface area contributed by atoms with Gasteiger partial charge >= 0.3 is 29.6 Å². The third kappa shape index (κ3) is 11.5. The molecule has 0 aliphatic heterocycles. The molecule has 0 fully saturated rings. The van der Waals surface area contributed by atoms with Crippen molar-refractivity contribution in [3.63, 3.8) is 0 Å². The molecule has 2 nitrogen and oxygen atoms in total. The molecule has 0 heterocycles. The summed E-state index contributed by atoms with van der Waals surface area (Å²) < 4.78 is 0. The summed E-state index contributed by atoms with van der Waals surface area (Å²) in [6.07, 6.45) is 1.57. The van der Waals surface area contributed by atoms with Crippen LogP contribution in [-0.2, 0) is 11.8 Å². The summed E-state index contributed by atoms with van der Waals surface area (Å²) in [6, 6.07) is 0. The van der Waals surface area contributed by atoms with Crippen LogP contribution in [0.2, 0.25) is 0 Å². The van der Waals surface area contributed by atoms with Gasteiger partial charge in [0.1, 0.15) is 0 Å². The van der Waals surface area contributed by atoms with Crippen molar-refractivity contribution < 1.29 is 40.8 Å². The van der Waals surface area contributed by atoms with Crippen LogP contribution in [0.3, 0.4) is 0 Å². The van der Waals surface area contributed by atoms with Crippen LogP contribution in [0.25, 0.3) is 0 Å². The Kier molecular flexibility index (Phi) is 7.96. The van der Waals surface area contributed by atoms with Crippen LogP contribution in [0.15, 0.2) is 0 Å². The Hall–Kier alpha value is 1.92. The first-order chi connectivity index (χ1) is 2.56. The summed E-state index contributed by atoms with van der Waals surface area (Å²) >= 11 is 5.09. The molecule has 0 atom stereocenters. The maximum absolute atomic E-state index is 8.27. The van der Waals surface area contributed by atoms with E-state index in [1.54, 1.807) is 6.26 Å². The van der Waals surface area contributed by atoms with Gasteiger partial charge in [0.2, 0.25) is 5.69 Å². The standard InChI is InChI=1S/CH5O2PS2.Na.H/c1-6-4(2,3)5;;/h1H3,(H2,2,3,5);;/q;+1;-1. The van der Waals surface area contributed by atoms with E-state index < -0.39 is 5.69 Å². The SMILES string of the molecule is CSP(O)(O)=S.[H-].[Na+]. The molecule has 0 aromatic heterocycles. The van der Waals surface area contributed by atoms with E-state index in [1.165, 1.54) is 0 Å². The van der Waals surface area contributed by atoms with Crippen LogP contribution in [0.5, 0.6) is 0 Å². The van der Waals surface area contributed by atoms with E-state index in [0.29, 0.717) is 0 Å². The van der Waals surface area contributed by atoms with Crippen molar-refractivity contribution in [2.45, 2.75) is 0 Å². The quantitative estimate of drug-likeness (QED) is 0.340. The number of hydrogen-bond donors (Lipinski definition) is 2. The van der Waals surface area contributed by atoms with Crippen molar-refractivity contribution >= 4 is 28.9 Å². The summed E-state index contributed by atoms with van der Waals surface area (Å²) in [5, 5.41) is 0. The van der Waals surface area contributed by atoms with Crippen LogP contribution in [0, 0.1) is 0 Å². The van der Waals surface area contributed by atoms with E-state index in [4.69, 9.17) is 9.79 Å². The first-order valence-electron chi connectivity index (χ1n) is 1.17. The van der Waals surface area contributed by atoms with Crippen LogP contribution >= 0.6 is 17.1 Å². The molecular weight excluding hydrogens is 162 g/mol. The summed E-state index contributed by atoms with van der Waals surface area (Å²) in [4.78, 5) is 16.5. The Morgan fingerprint density at radius 2 is 1.86 bits per heavy atom. The van der Waals surface area contributed by atoms with Crippen LogP contribution in [0.4, 0.5) is 0 Å². The van der Waals surface area contributed by atoms with E-state index >= 15 is 0 Å². The number of rotatable bonds is 1. The van der Waals surface area contributed by atoms with E-state index in [2.05, 4.69) is 11.8 Å². The van der Waals surface area contributed by atoms with Gasteiger partial charge < -0.3 is 11.2 Å². The molecule has 0 spiro atoms. The maximum Gasteiger partial charge on any atom is 1.00 e. The first-order valence-corrected chi connectivity index (χ1v) is 5.71. The van der Waals surface area contributed by atoms with Gasteiger partial charge in [0.25, 0.3) is 0 Å². The first kappa shape index (κ1) is 11.7. The van der Waals surface area contributed by atoms with Gasteiger partial charge in [0, 0.05) is 0 Å². The van der Waals surface area contributed by atoms with Crippen molar-refractivity contribution in [2.24, 2.45) is 0 Å². The summed E-state index contributed by atoms with van der Waals surface area (Å²) in [6.45, 7) is 0. The molecule has 2 N–H and O–H groups in total. The fraction of sp³-hybridized carbons (Fsp3) is 1.00. The Morgan fingerprint density at radius 3 is 1.86 bits per heavy atom. The fourth-order valence-electron chi connectivity index (χ4n) is 0. The molecule has 6 heteroatoms. The third-order valence-electron chi connectivity index (χ3n) is 0.238. The Labute approximate surface area is 75.4 Å². The number of hydrogen-bond acceptors (Lipinski definition) is 2. The third-order valence-corrected chi connectivity index (χ3v) is 3.48. The zero-order valence-corrected chi connectivity index (χ0v) is 8.69. The second kappa shape index (κ2) is 4.77. The second-order valence-corrected chi connectivity index (χ2v) is 6.86. The molecule has 0 aliphatic carbocycles. The summed E-state index contributed by atoms with van der Waals surface area (Å²) in [7, 11) is 0. The molecule has 0 saturated heterocycles. The predicted molar refractivity (Wildman–Crippen MR) is 33.3 cm³/mol. The van der Waals surface area contributed by atoms with E-state index in [9.17, 15) is 0 Å². The van der Waals surface area contributed by atoms with Gasteiger partial charge in [-0.25, -0.2) is 0 Å². The maximum atomic E-state index is 8.27. The van der Waals surface area contributed by atoms with Gasteiger partial charge in [-0.05, 0) is 18.1 Å². The van der Waals surface area contributed by atoms with Crippen molar-refractivity contribution in [3.8, 4) is 0 Å². The van der Waals surface area contributed by atoms with Crippen molar-refractivity contribution in [1.29, 1.82) is 0 Å². The summed E-state index contributed by atoms with van der Waals surface area (Å²) in [5.74, 6) is 0. The Bertz CT molecular complexity index is 84.1. The molecular formula is CH6NaO2PS2. The van der Waals surface area contributed by atoms with Crippen molar-refractivity contribution in [1.82, 2.24) is 0 Å². The minimum Gasteiger partial charge on any atom is -1.00 e. The average Bonchev–Trinajstić information content (AvgIpc) is 1.35. The zero-order chi connectivity index (χ0) is 5.21. The Morgan fingerprint density at radius 1 is 1.71 bits per heavy atom. The zero-order valence-electron chi connectivity index (χ0n) is 5.16. The molecule has 0 rings (SSSR count). The molecule has 0 saturated carbocycles. The van der Waals surface area contributed by atoms with Gasteiger partial charge in [0.15, 0.2) is 0 Å². The molecule has 0 radical (unpaired) electrons. The smallest absolute Gasteiger partial charge is 1.00 e. The van der Waals surface area contributed by atoms with Crippen molar-refractivity contribution in [2.75, 3.05) is 6.26 Å². The van der Waals surface area contributed by atoms with Crippen LogP contribution < -0.4 is 29.6 Å². The largest absolute Gasteiger partial charge is 1.00 e. The van der Waals surface area contributed by atoms with Gasteiger partial charge in [0.05, 0.1) is 0 Å². The minimum absolute atomic E-state index is 0. The van der Waals surface area contributed by atoms with Crippen LogP contribution in [-0.4, -0.2) is 16.0 Å². The molecule has 40 valence electrons. The monoisotopic (exact) mass is 168 g/mol. The predicted octanol–water partition coefficient (Wildman–Crippen LogP) is -2.32. The normalized spacial score (nSPS) is 10.1. The van der Waals surface area contributed by atoms with E-state index in [-0.39, 0.29) is 31.0 Å². The average molecular weight is 168 g/mol. The van der Waals surface area contributed by atoms with Gasteiger partial charge in [-0.3, -0.25) is 0 Å². The van der Waals surface area contributed by atoms with Crippen LogP contribution in [0.1, 0.15) is 1.43 Å². The topological polar surface area (TPSA) is 40.5 Å². The fourth-order valence-corrected chi connectivity index (χ4v) is 0. The summed E-state index contributed by atoms with van der Waals surface area (Å²) in [5.41, 5.74) is -2.90.